The lowest BCUT2D eigenvalue weighted by Crippen LogP contribution is -2.52. The summed E-state index contributed by atoms with van der Waals surface area (Å²) in [5, 5.41) is 15.7. The normalized spacial score (nSPS) is 27.9. The van der Waals surface area contributed by atoms with Crippen LogP contribution in [0.5, 0.6) is 0 Å². The number of piperidine rings is 2. The molecule has 0 saturated carbocycles. The number of nitrogens with zero attached hydrogens (tertiary/aromatic N) is 2. The summed E-state index contributed by atoms with van der Waals surface area (Å²) in [6.07, 6.45) is 1.10. The fourth-order valence-corrected chi connectivity index (χ4v) is 4.45. The molecule has 3 heterocycles. The molecule has 2 fully saturated rings. The minimum atomic E-state index is -0.589. The van der Waals surface area contributed by atoms with E-state index in [9.17, 15) is 19.5 Å². The molecule has 1 aromatic rings. The van der Waals surface area contributed by atoms with Gasteiger partial charge in [0.2, 0.25) is 11.8 Å². The lowest BCUT2D eigenvalue weighted by molar-refractivity contribution is -0.136. The van der Waals surface area contributed by atoms with Crippen molar-refractivity contribution in [2.75, 3.05) is 20.1 Å². The molecule has 0 aliphatic carbocycles. The molecule has 8 heteroatoms. The minimum Gasteiger partial charge on any atom is -0.390 e. The third-order valence-electron chi connectivity index (χ3n) is 6.01. The van der Waals surface area contributed by atoms with E-state index in [1.807, 2.05) is 25.2 Å². The number of hydrogen-bond donors (Lipinski definition) is 3. The molecular weight excluding hydrogens is 360 g/mol. The largest absolute Gasteiger partial charge is 0.390 e. The Morgan fingerprint density at radius 1 is 1.25 bits per heavy atom. The van der Waals surface area contributed by atoms with Crippen LogP contribution >= 0.6 is 0 Å². The molecule has 4 rings (SSSR count). The molecule has 3 aliphatic rings. The molecule has 1 aromatic carbocycles. The Kier molecular flexibility index (Phi) is 5.18. The number of likely N-dealkylation sites (N-methyl/N-ethyl adjacent to an activating group) is 1. The van der Waals surface area contributed by atoms with Gasteiger partial charge in [-0.15, -0.1) is 0 Å². The smallest absolute Gasteiger partial charge is 0.255 e. The maximum Gasteiger partial charge on any atom is 0.255 e. The Morgan fingerprint density at radius 2 is 2.07 bits per heavy atom. The van der Waals surface area contributed by atoms with Crippen molar-refractivity contribution >= 4 is 17.7 Å². The first-order valence-electron chi connectivity index (χ1n) is 9.79. The number of aliphatic hydroxyl groups is 1. The summed E-state index contributed by atoms with van der Waals surface area (Å²) in [6.45, 7) is 2.51. The monoisotopic (exact) mass is 386 g/mol. The predicted molar refractivity (Wildman–Crippen MR) is 101 cm³/mol. The van der Waals surface area contributed by atoms with Crippen molar-refractivity contribution in [2.24, 2.45) is 0 Å². The van der Waals surface area contributed by atoms with Gasteiger partial charge in [0, 0.05) is 37.7 Å². The van der Waals surface area contributed by atoms with Crippen molar-refractivity contribution in [1.29, 1.82) is 0 Å². The topological polar surface area (TPSA) is 102 Å². The molecule has 3 amide bonds. The zero-order chi connectivity index (χ0) is 19.8. The van der Waals surface area contributed by atoms with Crippen molar-refractivity contribution in [2.45, 2.75) is 50.5 Å². The number of benzene rings is 1. The van der Waals surface area contributed by atoms with Gasteiger partial charge in [0.05, 0.1) is 6.10 Å². The highest BCUT2D eigenvalue weighted by Crippen LogP contribution is 2.28. The average Bonchev–Trinajstić information content (AvgIpc) is 2.98. The summed E-state index contributed by atoms with van der Waals surface area (Å²) < 4.78 is 0. The van der Waals surface area contributed by atoms with E-state index in [-0.39, 0.29) is 24.3 Å². The van der Waals surface area contributed by atoms with Crippen LogP contribution in [0.1, 0.15) is 40.7 Å². The molecule has 3 unspecified atom stereocenters. The number of fused-ring (bicyclic) bond motifs is 1. The van der Waals surface area contributed by atoms with E-state index in [2.05, 4.69) is 15.5 Å². The van der Waals surface area contributed by atoms with Crippen molar-refractivity contribution < 1.29 is 19.5 Å². The molecule has 0 bridgehead atoms. The van der Waals surface area contributed by atoms with Crippen LogP contribution in [0.15, 0.2) is 18.2 Å². The fourth-order valence-electron chi connectivity index (χ4n) is 4.45. The lowest BCUT2D eigenvalue weighted by atomic mass is 10.0. The van der Waals surface area contributed by atoms with Gasteiger partial charge in [0.15, 0.2) is 0 Å². The Balaban J connectivity index is 1.47. The number of amides is 3. The van der Waals surface area contributed by atoms with Crippen LogP contribution in [0.2, 0.25) is 0 Å². The van der Waals surface area contributed by atoms with Crippen molar-refractivity contribution in [3.05, 3.63) is 34.9 Å². The zero-order valence-electron chi connectivity index (χ0n) is 16.0. The highest BCUT2D eigenvalue weighted by atomic mass is 16.3. The van der Waals surface area contributed by atoms with Gasteiger partial charge in [-0.3, -0.25) is 24.6 Å². The number of carbonyl (C=O) groups excluding carboxylic acids is 3. The number of aliphatic hydroxyl groups excluding tert-OH is 1. The zero-order valence-corrected chi connectivity index (χ0v) is 16.0. The van der Waals surface area contributed by atoms with Crippen LogP contribution in [0.4, 0.5) is 0 Å². The summed E-state index contributed by atoms with van der Waals surface area (Å²) in [4.78, 5) is 40.1. The standard InChI is InChI=1S/C20H26N4O4/c1-23(15-6-7-21-9-17(15)25)10-12-2-3-13-11-24(20(28)14(13)8-12)16-4-5-18(26)22-19(16)27/h2-3,8,15-17,21,25H,4-7,9-11H2,1H3,(H,22,26,27). The molecule has 8 nitrogen and oxygen atoms in total. The first-order chi connectivity index (χ1) is 13.4. The average molecular weight is 386 g/mol. The highest BCUT2D eigenvalue weighted by Gasteiger charge is 2.39. The van der Waals surface area contributed by atoms with Crippen LogP contribution in [0, 0.1) is 0 Å². The summed E-state index contributed by atoms with van der Waals surface area (Å²) >= 11 is 0. The number of β-amino-alcohol motifs (C(OH)–C–C–N with tert-alkyl or cyclic N) is 1. The second kappa shape index (κ2) is 7.62. The van der Waals surface area contributed by atoms with E-state index in [1.54, 1.807) is 4.90 Å². The Bertz CT molecular complexity index is 811. The van der Waals surface area contributed by atoms with Gasteiger partial charge in [-0.1, -0.05) is 12.1 Å². The van der Waals surface area contributed by atoms with E-state index >= 15 is 0 Å². The van der Waals surface area contributed by atoms with E-state index in [1.165, 1.54) is 0 Å². The van der Waals surface area contributed by atoms with Gasteiger partial charge in [-0.25, -0.2) is 0 Å². The molecule has 2 saturated heterocycles. The second-order valence-corrected chi connectivity index (χ2v) is 7.93. The van der Waals surface area contributed by atoms with Gasteiger partial charge in [-0.05, 0) is 43.6 Å². The van der Waals surface area contributed by atoms with Crippen LogP contribution in [0.3, 0.4) is 0 Å². The number of hydrogen-bond acceptors (Lipinski definition) is 6. The number of imide groups is 1. The summed E-state index contributed by atoms with van der Waals surface area (Å²) in [5.41, 5.74) is 2.54. The predicted octanol–water partition coefficient (Wildman–Crippen LogP) is -0.398. The quantitative estimate of drug-likeness (QED) is 0.609. The number of nitrogens with one attached hydrogen (secondary N) is 2. The molecular formula is C20H26N4O4. The Labute approximate surface area is 163 Å². The molecule has 0 spiro atoms. The number of carbonyl (C=O) groups is 3. The number of rotatable bonds is 4. The van der Waals surface area contributed by atoms with Crippen molar-refractivity contribution in [3.63, 3.8) is 0 Å². The third-order valence-corrected chi connectivity index (χ3v) is 6.01. The molecule has 28 heavy (non-hydrogen) atoms. The SMILES string of the molecule is CN(Cc1ccc2c(c1)C(=O)N(C1CCC(=O)NC1=O)C2)C1CCNCC1O. The first kappa shape index (κ1) is 19.0. The van der Waals surface area contributed by atoms with Crippen molar-refractivity contribution in [1.82, 2.24) is 20.4 Å². The summed E-state index contributed by atoms with van der Waals surface area (Å²) in [7, 11) is 1.99. The van der Waals surface area contributed by atoms with Gasteiger partial charge >= 0.3 is 0 Å². The summed E-state index contributed by atoms with van der Waals surface area (Å²) in [5.74, 6) is -0.830. The molecule has 0 radical (unpaired) electrons. The highest BCUT2D eigenvalue weighted by molar-refractivity contribution is 6.05. The van der Waals surface area contributed by atoms with E-state index in [0.717, 1.165) is 24.1 Å². The third kappa shape index (κ3) is 3.55. The maximum absolute atomic E-state index is 12.9. The molecule has 3 N–H and O–H groups in total. The summed E-state index contributed by atoms with van der Waals surface area (Å²) in [6, 6.07) is 5.34. The van der Waals surface area contributed by atoms with Crippen LogP contribution in [0.25, 0.3) is 0 Å². The fraction of sp³-hybridized carbons (Fsp3) is 0.550. The van der Waals surface area contributed by atoms with Crippen LogP contribution in [-0.4, -0.2) is 71.0 Å². The van der Waals surface area contributed by atoms with E-state index < -0.39 is 18.1 Å². The van der Waals surface area contributed by atoms with Crippen LogP contribution in [-0.2, 0) is 22.7 Å². The minimum absolute atomic E-state index is 0.0881. The molecule has 3 atom stereocenters. The molecule has 3 aliphatic heterocycles. The molecule has 0 aromatic heterocycles. The molecule has 150 valence electrons. The van der Waals surface area contributed by atoms with Gasteiger partial charge < -0.3 is 15.3 Å². The lowest BCUT2D eigenvalue weighted by Gasteiger charge is -2.35. The van der Waals surface area contributed by atoms with Crippen molar-refractivity contribution in [3.8, 4) is 0 Å². The van der Waals surface area contributed by atoms with E-state index in [4.69, 9.17) is 0 Å². The maximum atomic E-state index is 12.9. The Morgan fingerprint density at radius 3 is 2.82 bits per heavy atom. The van der Waals surface area contributed by atoms with Crippen LogP contribution < -0.4 is 10.6 Å². The van der Waals surface area contributed by atoms with Gasteiger partial charge in [-0.2, -0.15) is 0 Å². The van der Waals surface area contributed by atoms with Gasteiger partial charge in [0.25, 0.3) is 5.91 Å². The second-order valence-electron chi connectivity index (χ2n) is 7.93. The first-order valence-corrected chi connectivity index (χ1v) is 9.79. The Hall–Kier alpha value is -2.29. The van der Waals surface area contributed by atoms with E-state index in [0.29, 0.717) is 31.6 Å². The van der Waals surface area contributed by atoms with Gasteiger partial charge in [0.1, 0.15) is 6.04 Å².